The van der Waals surface area contributed by atoms with E-state index in [0.29, 0.717) is 6.54 Å². The highest BCUT2D eigenvalue weighted by molar-refractivity contribution is 6.10. The fourth-order valence-corrected chi connectivity index (χ4v) is 3.54. The zero-order valence-electron chi connectivity index (χ0n) is 13.9. The summed E-state index contributed by atoms with van der Waals surface area (Å²) in [5.74, 6) is 0.797. The van der Waals surface area contributed by atoms with Crippen LogP contribution in [0.2, 0.25) is 0 Å². The molecular formula is C18H18N6O. The third-order valence-electron chi connectivity index (χ3n) is 4.92. The Morgan fingerprint density at radius 3 is 3.20 bits per heavy atom. The highest BCUT2D eigenvalue weighted by atomic mass is 16.2. The number of nitrogens with zero attached hydrogens (tertiary/aromatic N) is 5. The first-order valence-electron chi connectivity index (χ1n) is 8.27. The van der Waals surface area contributed by atoms with Crippen molar-refractivity contribution in [2.45, 2.75) is 18.9 Å². The van der Waals surface area contributed by atoms with Crippen molar-refractivity contribution in [3.8, 4) is 6.07 Å². The number of anilines is 1. The molecule has 1 N–H and O–H groups in total. The molecule has 1 aliphatic rings. The van der Waals surface area contributed by atoms with Gasteiger partial charge in [-0.05, 0) is 18.6 Å². The van der Waals surface area contributed by atoms with E-state index in [9.17, 15) is 4.79 Å². The number of pyridine rings is 2. The summed E-state index contributed by atoms with van der Waals surface area (Å²) in [7, 11) is 1.78. The van der Waals surface area contributed by atoms with Crippen LogP contribution >= 0.6 is 0 Å². The highest BCUT2D eigenvalue weighted by Gasteiger charge is 2.30. The quantitative estimate of drug-likeness (QED) is 0.792. The van der Waals surface area contributed by atoms with Gasteiger partial charge in [0.15, 0.2) is 0 Å². The average molecular weight is 334 g/mol. The largest absolute Gasteiger partial charge is 0.354 e. The number of likely N-dealkylation sites (N-methyl/N-ethyl adjacent to an activating group) is 1. The minimum absolute atomic E-state index is 0.0742. The summed E-state index contributed by atoms with van der Waals surface area (Å²) in [6.45, 7) is 1.54. The van der Waals surface area contributed by atoms with Crippen LogP contribution in [0, 0.1) is 11.3 Å². The molecule has 7 heteroatoms. The molecule has 0 spiro atoms. The van der Waals surface area contributed by atoms with Crippen LogP contribution in [0.25, 0.3) is 21.8 Å². The molecule has 7 nitrogen and oxygen atoms in total. The molecule has 1 fully saturated rings. The van der Waals surface area contributed by atoms with Crippen LogP contribution in [0.1, 0.15) is 12.8 Å². The van der Waals surface area contributed by atoms with Gasteiger partial charge in [-0.25, -0.2) is 9.97 Å². The number of nitriles is 1. The van der Waals surface area contributed by atoms with Crippen molar-refractivity contribution in [3.05, 3.63) is 30.7 Å². The van der Waals surface area contributed by atoms with E-state index >= 15 is 0 Å². The summed E-state index contributed by atoms with van der Waals surface area (Å²) in [6, 6.07) is 6.01. The van der Waals surface area contributed by atoms with E-state index in [1.807, 2.05) is 30.6 Å². The number of rotatable bonds is 3. The highest BCUT2D eigenvalue weighted by Crippen LogP contribution is 2.32. The van der Waals surface area contributed by atoms with E-state index < -0.39 is 0 Å². The van der Waals surface area contributed by atoms with Gasteiger partial charge in [0.05, 0.1) is 12.1 Å². The van der Waals surface area contributed by atoms with Crippen molar-refractivity contribution in [3.63, 3.8) is 0 Å². The number of carbonyl (C=O) groups excluding carboxylic acids is 1. The summed E-state index contributed by atoms with van der Waals surface area (Å²) in [5.41, 5.74) is 0.846. The monoisotopic (exact) mass is 334 g/mol. The first kappa shape index (κ1) is 15.4. The van der Waals surface area contributed by atoms with Gasteiger partial charge in [-0.15, -0.1) is 0 Å². The minimum Gasteiger partial charge on any atom is -0.354 e. The van der Waals surface area contributed by atoms with Crippen molar-refractivity contribution in [2.24, 2.45) is 0 Å². The molecule has 126 valence electrons. The molecule has 1 atom stereocenters. The van der Waals surface area contributed by atoms with Gasteiger partial charge in [0, 0.05) is 54.9 Å². The predicted octanol–water partition coefficient (Wildman–Crippen LogP) is 2.06. The number of H-pyrrole nitrogens is 1. The van der Waals surface area contributed by atoms with Gasteiger partial charge in [-0.3, -0.25) is 4.79 Å². The molecule has 1 amide bonds. The predicted molar refractivity (Wildman–Crippen MR) is 95.0 cm³/mol. The summed E-state index contributed by atoms with van der Waals surface area (Å²) < 4.78 is 0. The average Bonchev–Trinajstić information content (AvgIpc) is 3.30. The Balaban J connectivity index is 1.68. The Bertz CT molecular complexity index is 988. The van der Waals surface area contributed by atoms with Gasteiger partial charge in [0.25, 0.3) is 0 Å². The third-order valence-corrected chi connectivity index (χ3v) is 4.92. The van der Waals surface area contributed by atoms with Crippen molar-refractivity contribution in [2.75, 3.05) is 25.0 Å². The lowest BCUT2D eigenvalue weighted by Crippen LogP contribution is -2.38. The third kappa shape index (κ3) is 2.56. The molecule has 3 aromatic rings. The maximum atomic E-state index is 12.0. The molecule has 1 unspecified atom stereocenters. The number of hydrogen-bond donors (Lipinski definition) is 1. The maximum Gasteiger partial charge on any atom is 0.236 e. The van der Waals surface area contributed by atoms with Gasteiger partial charge in [0.2, 0.25) is 5.91 Å². The van der Waals surface area contributed by atoms with Crippen molar-refractivity contribution in [1.82, 2.24) is 19.9 Å². The van der Waals surface area contributed by atoms with Crippen LogP contribution in [0.15, 0.2) is 30.7 Å². The normalized spacial score (nSPS) is 17.1. The second-order valence-corrected chi connectivity index (χ2v) is 6.32. The number of hydrogen-bond acceptors (Lipinski definition) is 5. The van der Waals surface area contributed by atoms with Crippen molar-refractivity contribution in [1.29, 1.82) is 5.26 Å². The first-order valence-corrected chi connectivity index (χ1v) is 8.27. The van der Waals surface area contributed by atoms with Crippen molar-refractivity contribution >= 4 is 33.5 Å². The van der Waals surface area contributed by atoms with Crippen LogP contribution in [0.4, 0.5) is 5.82 Å². The standard InChI is InChI=1S/C18H18N6O/c1-23(15(25)2-6-19)13-5-9-24(11-13)18-16-12(3-7-21-18)10-22-17-14(16)4-8-20-17/h3-4,7-8,10,13H,2,5,9,11H2,1H3,(H,20,22). The van der Waals surface area contributed by atoms with E-state index in [1.54, 1.807) is 18.1 Å². The number of carbonyl (C=O) groups is 1. The van der Waals surface area contributed by atoms with Crippen LogP contribution in [0.5, 0.6) is 0 Å². The fraction of sp³-hybridized carbons (Fsp3) is 0.333. The van der Waals surface area contributed by atoms with E-state index in [1.165, 1.54) is 0 Å². The van der Waals surface area contributed by atoms with E-state index in [0.717, 1.165) is 40.6 Å². The van der Waals surface area contributed by atoms with E-state index in [2.05, 4.69) is 19.9 Å². The lowest BCUT2D eigenvalue weighted by Gasteiger charge is -2.25. The lowest BCUT2D eigenvalue weighted by atomic mass is 10.1. The van der Waals surface area contributed by atoms with Gasteiger partial charge >= 0.3 is 0 Å². The molecule has 1 saturated heterocycles. The molecular weight excluding hydrogens is 316 g/mol. The van der Waals surface area contributed by atoms with Gasteiger partial charge in [-0.2, -0.15) is 5.26 Å². The Kier molecular flexibility index (Phi) is 3.73. The molecule has 1 aliphatic heterocycles. The Morgan fingerprint density at radius 1 is 1.48 bits per heavy atom. The molecule has 0 radical (unpaired) electrons. The number of nitrogens with one attached hydrogen (secondary N) is 1. The SMILES string of the molecule is CN(C(=O)CC#N)C1CCN(c2nccc3cnc4[nH]ccc4c23)C1. The molecule has 3 aromatic heterocycles. The zero-order valence-corrected chi connectivity index (χ0v) is 13.9. The summed E-state index contributed by atoms with van der Waals surface area (Å²) in [5, 5.41) is 11.9. The Morgan fingerprint density at radius 2 is 2.36 bits per heavy atom. The van der Waals surface area contributed by atoms with E-state index in [-0.39, 0.29) is 18.4 Å². The summed E-state index contributed by atoms with van der Waals surface area (Å²) >= 11 is 0. The second kappa shape index (κ2) is 6.06. The molecule has 4 rings (SSSR count). The Labute approximate surface area is 144 Å². The molecule has 0 saturated carbocycles. The molecule has 0 bridgehead atoms. The summed E-state index contributed by atoms with van der Waals surface area (Å²) in [4.78, 5) is 28.1. The van der Waals surface area contributed by atoms with Crippen LogP contribution < -0.4 is 4.90 Å². The minimum atomic E-state index is -0.127. The van der Waals surface area contributed by atoms with Gasteiger partial charge in [0.1, 0.15) is 17.9 Å². The Hall–Kier alpha value is -3.14. The van der Waals surface area contributed by atoms with Crippen LogP contribution in [-0.2, 0) is 4.79 Å². The van der Waals surface area contributed by atoms with Crippen molar-refractivity contribution < 1.29 is 4.79 Å². The topological polar surface area (TPSA) is 88.9 Å². The second-order valence-electron chi connectivity index (χ2n) is 6.32. The van der Waals surface area contributed by atoms with Gasteiger partial charge in [-0.1, -0.05) is 0 Å². The fourth-order valence-electron chi connectivity index (χ4n) is 3.54. The maximum absolute atomic E-state index is 12.0. The molecule has 25 heavy (non-hydrogen) atoms. The first-order chi connectivity index (χ1) is 12.2. The number of amides is 1. The molecule has 0 aromatic carbocycles. The van der Waals surface area contributed by atoms with Crippen LogP contribution in [-0.4, -0.2) is 51.9 Å². The lowest BCUT2D eigenvalue weighted by molar-refractivity contribution is -0.130. The summed E-state index contributed by atoms with van der Waals surface area (Å²) in [6.07, 6.45) is 6.34. The van der Waals surface area contributed by atoms with Crippen LogP contribution in [0.3, 0.4) is 0 Å². The molecule has 4 heterocycles. The smallest absolute Gasteiger partial charge is 0.236 e. The number of aromatic amines is 1. The zero-order chi connectivity index (χ0) is 17.4. The van der Waals surface area contributed by atoms with Gasteiger partial charge < -0.3 is 14.8 Å². The molecule has 0 aliphatic carbocycles. The number of fused-ring (bicyclic) bond motifs is 3. The number of aromatic nitrogens is 3. The van der Waals surface area contributed by atoms with E-state index in [4.69, 9.17) is 5.26 Å².